The SMILES string of the molecule is [2H]c1c(-c2ncccn2)cccc1C(F)(F)F. The summed E-state index contributed by atoms with van der Waals surface area (Å²) in [6.45, 7) is 0. The van der Waals surface area contributed by atoms with Crippen molar-refractivity contribution in [3.63, 3.8) is 0 Å². The molecule has 0 amide bonds. The minimum Gasteiger partial charge on any atom is -0.237 e. The van der Waals surface area contributed by atoms with Gasteiger partial charge in [-0.1, -0.05) is 12.1 Å². The molecule has 0 saturated carbocycles. The van der Waals surface area contributed by atoms with Gasteiger partial charge in [0.2, 0.25) is 0 Å². The zero-order valence-electron chi connectivity index (χ0n) is 8.99. The van der Waals surface area contributed by atoms with E-state index in [2.05, 4.69) is 9.97 Å². The van der Waals surface area contributed by atoms with Gasteiger partial charge in [-0.2, -0.15) is 13.2 Å². The molecule has 16 heavy (non-hydrogen) atoms. The van der Waals surface area contributed by atoms with Crippen molar-refractivity contribution in [1.82, 2.24) is 9.97 Å². The number of hydrogen-bond donors (Lipinski definition) is 0. The molecule has 1 heterocycles. The van der Waals surface area contributed by atoms with E-state index in [0.717, 1.165) is 6.07 Å². The Morgan fingerprint density at radius 2 is 1.75 bits per heavy atom. The average molecular weight is 225 g/mol. The molecule has 0 spiro atoms. The van der Waals surface area contributed by atoms with Gasteiger partial charge in [-0.25, -0.2) is 9.97 Å². The van der Waals surface area contributed by atoms with Gasteiger partial charge in [0.05, 0.1) is 6.93 Å². The lowest BCUT2D eigenvalue weighted by Crippen LogP contribution is -2.04. The van der Waals surface area contributed by atoms with E-state index in [4.69, 9.17) is 1.37 Å². The van der Waals surface area contributed by atoms with Crippen LogP contribution in [0.3, 0.4) is 0 Å². The highest BCUT2D eigenvalue weighted by Crippen LogP contribution is 2.31. The molecule has 0 radical (unpaired) electrons. The van der Waals surface area contributed by atoms with E-state index in [0.29, 0.717) is 0 Å². The Balaban J connectivity index is 2.58. The molecule has 5 heteroatoms. The maximum atomic E-state index is 12.6. The van der Waals surface area contributed by atoms with Gasteiger partial charge in [-0.05, 0) is 18.2 Å². The second-order valence-electron chi connectivity index (χ2n) is 3.05. The van der Waals surface area contributed by atoms with Crippen LogP contribution in [-0.2, 0) is 6.18 Å². The smallest absolute Gasteiger partial charge is 0.237 e. The minimum atomic E-state index is -4.54. The number of aromatic nitrogens is 2. The fourth-order valence-electron chi connectivity index (χ4n) is 1.20. The molecule has 0 aliphatic heterocycles. The first-order chi connectivity index (χ1) is 8.00. The highest BCUT2D eigenvalue weighted by atomic mass is 19.4. The third-order valence-corrected chi connectivity index (χ3v) is 1.91. The first kappa shape index (κ1) is 9.33. The lowest BCUT2D eigenvalue weighted by atomic mass is 10.1. The van der Waals surface area contributed by atoms with Crippen LogP contribution in [0.25, 0.3) is 11.4 Å². The summed E-state index contributed by atoms with van der Waals surface area (Å²) in [4.78, 5) is 7.67. The van der Waals surface area contributed by atoms with Crippen molar-refractivity contribution in [1.29, 1.82) is 0 Å². The van der Waals surface area contributed by atoms with E-state index >= 15 is 0 Å². The lowest BCUT2D eigenvalue weighted by Gasteiger charge is -2.07. The standard InChI is InChI=1S/C11H7F3N2/c12-11(13,14)9-4-1-3-8(7-9)10-15-5-2-6-16-10/h1-7H/i7D. The van der Waals surface area contributed by atoms with Gasteiger partial charge in [0.25, 0.3) is 0 Å². The Morgan fingerprint density at radius 1 is 1.06 bits per heavy atom. The average Bonchev–Trinajstić information content (AvgIpc) is 2.29. The van der Waals surface area contributed by atoms with Gasteiger partial charge < -0.3 is 0 Å². The first-order valence-electron chi connectivity index (χ1n) is 4.94. The van der Waals surface area contributed by atoms with E-state index in [1.54, 1.807) is 6.07 Å². The molecule has 1 aromatic carbocycles. The van der Waals surface area contributed by atoms with Gasteiger partial charge in [0.1, 0.15) is 0 Å². The van der Waals surface area contributed by atoms with E-state index in [-0.39, 0.29) is 11.4 Å². The van der Waals surface area contributed by atoms with E-state index < -0.39 is 17.8 Å². The Kier molecular flexibility index (Phi) is 2.29. The number of nitrogens with zero attached hydrogens (tertiary/aromatic N) is 2. The maximum absolute atomic E-state index is 12.6. The molecule has 0 N–H and O–H groups in total. The fraction of sp³-hybridized carbons (Fsp3) is 0.0909. The van der Waals surface area contributed by atoms with Gasteiger partial charge in [-0.3, -0.25) is 0 Å². The van der Waals surface area contributed by atoms with Crippen LogP contribution in [0, 0.1) is 0 Å². The molecule has 82 valence electrons. The predicted molar refractivity (Wildman–Crippen MR) is 52.5 cm³/mol. The molecule has 2 nitrogen and oxygen atoms in total. The van der Waals surface area contributed by atoms with Crippen molar-refractivity contribution < 1.29 is 14.5 Å². The van der Waals surface area contributed by atoms with Gasteiger partial charge in [0, 0.05) is 18.0 Å². The predicted octanol–water partition coefficient (Wildman–Crippen LogP) is 3.16. The second-order valence-corrected chi connectivity index (χ2v) is 3.05. The minimum absolute atomic E-state index is 0.0698. The molecule has 0 fully saturated rings. The Morgan fingerprint density at radius 3 is 2.38 bits per heavy atom. The molecule has 0 bridgehead atoms. The van der Waals surface area contributed by atoms with Gasteiger partial charge in [-0.15, -0.1) is 0 Å². The van der Waals surface area contributed by atoms with Gasteiger partial charge >= 0.3 is 6.18 Å². The van der Waals surface area contributed by atoms with Crippen LogP contribution >= 0.6 is 0 Å². The number of benzene rings is 1. The number of hydrogen-bond acceptors (Lipinski definition) is 2. The molecular weight excluding hydrogens is 217 g/mol. The van der Waals surface area contributed by atoms with Crippen molar-refractivity contribution in [2.24, 2.45) is 0 Å². The third kappa shape index (κ3) is 2.18. The summed E-state index contributed by atoms with van der Waals surface area (Å²) in [5.74, 6) is 0.114. The van der Waals surface area contributed by atoms with Crippen LogP contribution in [0.1, 0.15) is 6.93 Å². The molecule has 0 aliphatic rings. The molecule has 1 aromatic heterocycles. The fourth-order valence-corrected chi connectivity index (χ4v) is 1.20. The number of rotatable bonds is 1. The van der Waals surface area contributed by atoms with Crippen molar-refractivity contribution in [2.45, 2.75) is 6.18 Å². The quantitative estimate of drug-likeness (QED) is 0.745. The van der Waals surface area contributed by atoms with Crippen molar-refractivity contribution in [3.05, 3.63) is 48.3 Å². The van der Waals surface area contributed by atoms with Crippen LogP contribution in [0.2, 0.25) is 0 Å². The van der Waals surface area contributed by atoms with Crippen molar-refractivity contribution >= 4 is 0 Å². The van der Waals surface area contributed by atoms with E-state index in [1.165, 1.54) is 24.5 Å². The largest absolute Gasteiger partial charge is 0.416 e. The summed E-state index contributed by atoms with van der Waals surface area (Å²) in [5, 5.41) is 0. The lowest BCUT2D eigenvalue weighted by molar-refractivity contribution is -0.137. The second kappa shape index (κ2) is 3.92. The molecule has 0 atom stereocenters. The first-order valence-corrected chi connectivity index (χ1v) is 4.44. The normalized spacial score (nSPS) is 12.3. The molecule has 0 unspecified atom stereocenters. The number of alkyl halides is 3. The Bertz CT molecular complexity index is 526. The maximum Gasteiger partial charge on any atom is 0.416 e. The summed E-state index contributed by atoms with van der Waals surface area (Å²) in [7, 11) is 0. The van der Waals surface area contributed by atoms with E-state index in [9.17, 15) is 13.2 Å². The van der Waals surface area contributed by atoms with Gasteiger partial charge in [0.15, 0.2) is 5.82 Å². The van der Waals surface area contributed by atoms with Crippen LogP contribution < -0.4 is 0 Å². The Labute approximate surface area is 91.2 Å². The molecule has 0 saturated heterocycles. The summed E-state index contributed by atoms with van der Waals surface area (Å²) in [6, 6.07) is 4.46. The molecule has 0 aliphatic carbocycles. The topological polar surface area (TPSA) is 25.8 Å². The van der Waals surface area contributed by atoms with E-state index in [1.807, 2.05) is 0 Å². The number of halogens is 3. The molecule has 2 aromatic rings. The summed E-state index contributed by atoms with van der Waals surface area (Å²) < 4.78 is 45.3. The monoisotopic (exact) mass is 225 g/mol. The van der Waals surface area contributed by atoms with Crippen LogP contribution in [-0.4, -0.2) is 9.97 Å². The van der Waals surface area contributed by atoms with Crippen molar-refractivity contribution in [3.8, 4) is 11.4 Å². The summed E-state index contributed by atoms with van der Waals surface area (Å²) in [5.41, 5.74) is -0.914. The zero-order chi connectivity index (χ0) is 12.5. The Hall–Kier alpha value is -1.91. The summed E-state index contributed by atoms with van der Waals surface area (Å²) in [6.07, 6.45) is -1.70. The summed E-state index contributed by atoms with van der Waals surface area (Å²) >= 11 is 0. The zero-order valence-corrected chi connectivity index (χ0v) is 7.99. The molecular formula is C11H7F3N2. The van der Waals surface area contributed by atoms with Crippen molar-refractivity contribution in [2.75, 3.05) is 0 Å². The van der Waals surface area contributed by atoms with Crippen LogP contribution in [0.5, 0.6) is 0 Å². The highest BCUT2D eigenvalue weighted by molar-refractivity contribution is 5.55. The highest BCUT2D eigenvalue weighted by Gasteiger charge is 2.30. The van der Waals surface area contributed by atoms with Crippen LogP contribution in [0.4, 0.5) is 13.2 Å². The van der Waals surface area contributed by atoms with Crippen LogP contribution in [0.15, 0.2) is 42.7 Å². The third-order valence-electron chi connectivity index (χ3n) is 1.91. The molecule has 2 rings (SSSR count).